The van der Waals surface area contributed by atoms with Crippen molar-refractivity contribution in [3.8, 4) is 0 Å². The van der Waals surface area contributed by atoms with Gasteiger partial charge in [-0.25, -0.2) is 9.40 Å². The van der Waals surface area contributed by atoms with Crippen LogP contribution in [0.4, 0.5) is 4.39 Å². The lowest BCUT2D eigenvalue weighted by Gasteiger charge is -2.37. The van der Waals surface area contributed by atoms with Crippen molar-refractivity contribution in [2.24, 2.45) is 5.10 Å². The third kappa shape index (κ3) is 4.58. The van der Waals surface area contributed by atoms with Crippen LogP contribution in [0.3, 0.4) is 0 Å². The monoisotopic (exact) mass is 451 g/mol. The SMILES string of the molecule is Cc1ccc(C)c(C2=NN(C(=O)CN3CCC4(CC3)OCCO4)C(c3cccc(F)c3)C2)c1. The molecule has 7 heteroatoms. The van der Waals surface area contributed by atoms with Gasteiger partial charge in [0.1, 0.15) is 5.82 Å². The third-order valence-electron chi connectivity index (χ3n) is 6.89. The van der Waals surface area contributed by atoms with E-state index in [1.807, 2.05) is 13.0 Å². The molecule has 3 aliphatic rings. The summed E-state index contributed by atoms with van der Waals surface area (Å²) in [7, 11) is 0. The highest BCUT2D eigenvalue weighted by atomic mass is 19.1. The lowest BCUT2D eigenvalue weighted by molar-refractivity contribution is -0.186. The molecule has 6 nitrogen and oxygen atoms in total. The maximum absolute atomic E-state index is 14.0. The number of hydrogen-bond acceptors (Lipinski definition) is 5. The van der Waals surface area contributed by atoms with Crippen molar-refractivity contribution in [1.82, 2.24) is 9.91 Å². The van der Waals surface area contributed by atoms with E-state index in [0.29, 0.717) is 19.6 Å². The van der Waals surface area contributed by atoms with Crippen LogP contribution in [0, 0.1) is 19.7 Å². The lowest BCUT2D eigenvalue weighted by atomic mass is 9.95. The Balaban J connectivity index is 1.37. The van der Waals surface area contributed by atoms with Gasteiger partial charge in [0.25, 0.3) is 5.91 Å². The molecule has 1 unspecified atom stereocenters. The number of aryl methyl sites for hydroxylation is 2. The fourth-order valence-electron chi connectivity index (χ4n) is 5.02. The number of benzene rings is 2. The van der Waals surface area contributed by atoms with Crippen LogP contribution in [0.1, 0.15) is 47.6 Å². The van der Waals surface area contributed by atoms with Crippen molar-refractivity contribution in [3.05, 3.63) is 70.5 Å². The Kier molecular flexibility index (Phi) is 6.03. The molecule has 2 aromatic carbocycles. The summed E-state index contributed by atoms with van der Waals surface area (Å²) in [6, 6.07) is 12.4. The van der Waals surface area contributed by atoms with Gasteiger partial charge in [-0.2, -0.15) is 5.10 Å². The number of piperidine rings is 1. The van der Waals surface area contributed by atoms with Crippen molar-refractivity contribution in [3.63, 3.8) is 0 Å². The van der Waals surface area contributed by atoms with E-state index >= 15 is 0 Å². The van der Waals surface area contributed by atoms with Crippen molar-refractivity contribution >= 4 is 11.6 Å². The summed E-state index contributed by atoms with van der Waals surface area (Å²) >= 11 is 0. The van der Waals surface area contributed by atoms with Gasteiger partial charge >= 0.3 is 0 Å². The normalized spacial score (nSPS) is 22.7. The van der Waals surface area contributed by atoms with Gasteiger partial charge in [0.05, 0.1) is 31.5 Å². The van der Waals surface area contributed by atoms with Gasteiger partial charge in [0.2, 0.25) is 0 Å². The fraction of sp³-hybridized carbons (Fsp3) is 0.462. The minimum Gasteiger partial charge on any atom is -0.347 e. The Morgan fingerprint density at radius 3 is 2.61 bits per heavy atom. The van der Waals surface area contributed by atoms with E-state index in [9.17, 15) is 9.18 Å². The first-order valence-electron chi connectivity index (χ1n) is 11.7. The van der Waals surface area contributed by atoms with Crippen molar-refractivity contribution < 1.29 is 18.7 Å². The second-order valence-corrected chi connectivity index (χ2v) is 9.26. The number of nitrogens with zero attached hydrogens (tertiary/aromatic N) is 3. The summed E-state index contributed by atoms with van der Waals surface area (Å²) < 4.78 is 25.6. The molecule has 1 amide bonds. The average Bonchev–Trinajstić information content (AvgIpc) is 3.45. The van der Waals surface area contributed by atoms with E-state index in [4.69, 9.17) is 14.6 Å². The Morgan fingerprint density at radius 1 is 1.12 bits per heavy atom. The molecule has 0 bridgehead atoms. The van der Waals surface area contributed by atoms with Gasteiger partial charge in [-0.3, -0.25) is 9.69 Å². The minimum absolute atomic E-state index is 0.0752. The molecule has 0 radical (unpaired) electrons. The first-order valence-corrected chi connectivity index (χ1v) is 11.7. The highest BCUT2D eigenvalue weighted by Gasteiger charge is 2.41. The molecule has 1 atom stereocenters. The summed E-state index contributed by atoms with van der Waals surface area (Å²) in [5.41, 5.74) is 4.93. The van der Waals surface area contributed by atoms with E-state index < -0.39 is 5.79 Å². The molecule has 0 N–H and O–H groups in total. The Morgan fingerprint density at radius 2 is 1.88 bits per heavy atom. The van der Waals surface area contributed by atoms with Crippen LogP contribution < -0.4 is 0 Å². The molecule has 1 spiro atoms. The number of hydrogen-bond donors (Lipinski definition) is 0. The van der Waals surface area contributed by atoms with E-state index in [-0.39, 0.29) is 24.3 Å². The summed E-state index contributed by atoms with van der Waals surface area (Å²) in [5, 5.41) is 6.35. The zero-order valence-corrected chi connectivity index (χ0v) is 19.2. The first-order chi connectivity index (χ1) is 15.9. The molecule has 5 rings (SSSR count). The fourth-order valence-corrected chi connectivity index (χ4v) is 5.02. The number of amides is 1. The molecule has 0 saturated carbocycles. The molecule has 2 aromatic rings. The van der Waals surface area contributed by atoms with Gasteiger partial charge in [-0.05, 0) is 43.2 Å². The number of hydrazone groups is 1. The number of rotatable bonds is 4. The van der Waals surface area contributed by atoms with Gasteiger partial charge < -0.3 is 9.47 Å². The predicted octanol–water partition coefficient (Wildman–Crippen LogP) is 3.96. The van der Waals surface area contributed by atoms with Crippen LogP contribution in [0.2, 0.25) is 0 Å². The molecule has 0 aliphatic carbocycles. The average molecular weight is 452 g/mol. The Bertz CT molecular complexity index is 1070. The minimum atomic E-state index is -0.467. The second kappa shape index (κ2) is 8.97. The highest BCUT2D eigenvalue weighted by molar-refractivity contribution is 6.04. The molecule has 2 fully saturated rings. The van der Waals surface area contributed by atoms with Gasteiger partial charge in [0.15, 0.2) is 5.79 Å². The smallest absolute Gasteiger partial charge is 0.257 e. The topological polar surface area (TPSA) is 54.4 Å². The van der Waals surface area contributed by atoms with Crippen LogP contribution >= 0.6 is 0 Å². The Labute approximate surface area is 194 Å². The van der Waals surface area contributed by atoms with Crippen molar-refractivity contribution in [2.75, 3.05) is 32.8 Å². The second-order valence-electron chi connectivity index (χ2n) is 9.26. The molecule has 0 aromatic heterocycles. The Hall–Kier alpha value is -2.61. The third-order valence-corrected chi connectivity index (χ3v) is 6.89. The zero-order chi connectivity index (χ0) is 23.0. The molecule has 3 heterocycles. The van der Waals surface area contributed by atoms with E-state index in [0.717, 1.165) is 53.9 Å². The lowest BCUT2D eigenvalue weighted by Crippen LogP contribution is -2.48. The van der Waals surface area contributed by atoms with Crippen LogP contribution in [0.25, 0.3) is 0 Å². The van der Waals surface area contributed by atoms with Crippen LogP contribution in [0.5, 0.6) is 0 Å². The summed E-state index contributed by atoms with van der Waals surface area (Å²) in [5.74, 6) is -0.850. The number of likely N-dealkylation sites (tertiary alicyclic amines) is 1. The summed E-state index contributed by atoms with van der Waals surface area (Å²) in [4.78, 5) is 15.6. The summed E-state index contributed by atoms with van der Waals surface area (Å²) in [6.45, 7) is 7.11. The maximum Gasteiger partial charge on any atom is 0.257 e. The molecular weight excluding hydrogens is 421 g/mol. The van der Waals surface area contributed by atoms with Crippen molar-refractivity contribution in [1.29, 1.82) is 0 Å². The van der Waals surface area contributed by atoms with E-state index in [1.165, 1.54) is 12.1 Å². The first kappa shape index (κ1) is 22.2. The number of ether oxygens (including phenoxy) is 2. The molecule has 174 valence electrons. The predicted molar refractivity (Wildman–Crippen MR) is 123 cm³/mol. The molecule has 3 aliphatic heterocycles. The standard InChI is InChI=1S/C26H30FN3O3/c1-18-6-7-19(2)22(14-18)23-16-24(20-4-3-5-21(27)15-20)30(28-23)25(31)17-29-10-8-26(9-11-29)32-12-13-33-26/h3-7,14-15,24H,8-13,16-17H2,1-2H3. The molecule has 33 heavy (non-hydrogen) atoms. The van der Waals surface area contributed by atoms with Gasteiger partial charge in [-0.15, -0.1) is 0 Å². The zero-order valence-electron chi connectivity index (χ0n) is 19.2. The maximum atomic E-state index is 14.0. The summed E-state index contributed by atoms with van der Waals surface area (Å²) in [6.07, 6.45) is 2.07. The van der Waals surface area contributed by atoms with Gasteiger partial charge in [-0.1, -0.05) is 29.8 Å². The van der Waals surface area contributed by atoms with Gasteiger partial charge in [0, 0.05) is 37.9 Å². The largest absolute Gasteiger partial charge is 0.347 e. The number of halogens is 1. The number of carbonyl (C=O) groups is 1. The van der Waals surface area contributed by atoms with Crippen LogP contribution in [-0.4, -0.2) is 60.2 Å². The van der Waals surface area contributed by atoms with E-state index in [1.54, 1.807) is 11.1 Å². The quantitative estimate of drug-likeness (QED) is 0.706. The molecular formula is C26H30FN3O3. The number of carbonyl (C=O) groups excluding carboxylic acids is 1. The van der Waals surface area contributed by atoms with Crippen LogP contribution in [0.15, 0.2) is 47.6 Å². The highest BCUT2D eigenvalue weighted by Crippen LogP contribution is 2.35. The molecule has 2 saturated heterocycles. The van der Waals surface area contributed by atoms with Crippen molar-refractivity contribution in [2.45, 2.75) is 44.9 Å². The van der Waals surface area contributed by atoms with Crippen LogP contribution in [-0.2, 0) is 14.3 Å². The van der Waals surface area contributed by atoms with E-state index in [2.05, 4.69) is 30.0 Å².